The van der Waals surface area contributed by atoms with Crippen LogP contribution in [0, 0.1) is 5.92 Å². The minimum absolute atomic E-state index is 0.0167. The molecule has 2 aromatic heterocycles. The fourth-order valence-corrected chi connectivity index (χ4v) is 3.42. The number of rotatable bonds is 9. The summed E-state index contributed by atoms with van der Waals surface area (Å²) in [6.07, 6.45) is 2.06. The molecule has 9 heteroatoms. The van der Waals surface area contributed by atoms with Crippen molar-refractivity contribution in [1.82, 2.24) is 19.9 Å². The molecule has 1 aliphatic rings. The Hall–Kier alpha value is -2.06. The van der Waals surface area contributed by atoms with Crippen molar-refractivity contribution in [2.45, 2.75) is 45.8 Å². The van der Waals surface area contributed by atoms with E-state index < -0.39 is 0 Å². The molecule has 0 aromatic carbocycles. The summed E-state index contributed by atoms with van der Waals surface area (Å²) in [5, 5.41) is 3.25. The van der Waals surface area contributed by atoms with Gasteiger partial charge in [-0.1, -0.05) is 11.6 Å². The molecule has 1 atom stereocenters. The summed E-state index contributed by atoms with van der Waals surface area (Å²) in [5.74, 6) is 0.767. The first-order valence-corrected chi connectivity index (χ1v) is 9.92. The summed E-state index contributed by atoms with van der Waals surface area (Å²) < 4.78 is 18.9. The number of aromatic nitrogens is 3. The number of amides is 1. The number of carbonyl (C=O) groups excluding carboxylic acids is 1. The average Bonchev–Trinajstić information content (AvgIpc) is 2.88. The smallest absolute Gasteiger partial charge is 0.298 e. The monoisotopic (exact) mass is 410 g/mol. The van der Waals surface area contributed by atoms with Crippen molar-refractivity contribution in [1.29, 1.82) is 0 Å². The van der Waals surface area contributed by atoms with E-state index in [0.29, 0.717) is 53.8 Å². The molecule has 0 spiro atoms. The number of hydrogen-bond donors (Lipinski definition) is 1. The summed E-state index contributed by atoms with van der Waals surface area (Å²) >= 11 is 6.30. The second-order valence-corrected chi connectivity index (χ2v) is 7.62. The van der Waals surface area contributed by atoms with Gasteiger partial charge in [-0.2, -0.15) is 9.97 Å². The van der Waals surface area contributed by atoms with Gasteiger partial charge in [0.25, 0.3) is 6.01 Å². The first-order valence-electron chi connectivity index (χ1n) is 9.54. The molecule has 2 aromatic rings. The first-order chi connectivity index (χ1) is 13.4. The molecule has 8 nitrogen and oxygen atoms in total. The van der Waals surface area contributed by atoms with Crippen LogP contribution in [0.4, 0.5) is 0 Å². The molecule has 0 unspecified atom stereocenters. The van der Waals surface area contributed by atoms with Crippen molar-refractivity contribution in [2.24, 2.45) is 13.0 Å². The molecule has 1 aliphatic carbocycles. The molecule has 0 bridgehead atoms. The first kappa shape index (κ1) is 20.7. The van der Waals surface area contributed by atoms with Crippen molar-refractivity contribution < 1.29 is 19.0 Å². The van der Waals surface area contributed by atoms with E-state index in [4.69, 9.17) is 25.8 Å². The molecular weight excluding hydrogens is 384 g/mol. The Labute approximate surface area is 169 Å². The van der Waals surface area contributed by atoms with Crippen molar-refractivity contribution in [2.75, 3.05) is 19.8 Å². The van der Waals surface area contributed by atoms with Crippen LogP contribution in [0.1, 0.15) is 33.6 Å². The molecule has 0 radical (unpaired) electrons. The third-order valence-corrected chi connectivity index (χ3v) is 4.95. The van der Waals surface area contributed by atoms with Gasteiger partial charge >= 0.3 is 0 Å². The SMILES string of the molecule is CCOc1nc2cc(Cl)c(OC[C@H]3C[C@H](OC[C@H](C)NC(C)=O)C3)nc2n1C. The highest BCUT2D eigenvalue weighted by Crippen LogP contribution is 2.33. The van der Waals surface area contributed by atoms with Gasteiger partial charge < -0.3 is 19.5 Å². The van der Waals surface area contributed by atoms with E-state index in [1.807, 2.05) is 20.9 Å². The summed E-state index contributed by atoms with van der Waals surface area (Å²) in [6, 6.07) is 2.27. The molecular formula is C19H27ClN4O4. The maximum Gasteiger partial charge on any atom is 0.298 e. The van der Waals surface area contributed by atoms with Crippen LogP contribution < -0.4 is 14.8 Å². The fraction of sp³-hybridized carbons (Fsp3) is 0.632. The maximum absolute atomic E-state index is 11.0. The number of ether oxygens (including phenoxy) is 3. The highest BCUT2D eigenvalue weighted by molar-refractivity contribution is 6.32. The Morgan fingerprint density at radius 3 is 2.82 bits per heavy atom. The molecule has 0 aliphatic heterocycles. The third kappa shape index (κ3) is 4.86. The van der Waals surface area contributed by atoms with E-state index in [2.05, 4.69) is 15.3 Å². The van der Waals surface area contributed by atoms with E-state index in [-0.39, 0.29) is 18.1 Å². The second-order valence-electron chi connectivity index (χ2n) is 7.21. The van der Waals surface area contributed by atoms with Gasteiger partial charge in [0.15, 0.2) is 5.65 Å². The normalized spacial score (nSPS) is 19.9. The average molecular weight is 411 g/mol. The lowest BCUT2D eigenvalue weighted by Gasteiger charge is -2.35. The van der Waals surface area contributed by atoms with Crippen LogP contribution in [0.5, 0.6) is 11.9 Å². The summed E-state index contributed by atoms with van der Waals surface area (Å²) in [5.41, 5.74) is 1.35. The Kier molecular flexibility index (Phi) is 6.61. The number of nitrogens with one attached hydrogen (secondary N) is 1. The largest absolute Gasteiger partial charge is 0.476 e. The third-order valence-electron chi connectivity index (χ3n) is 4.68. The minimum Gasteiger partial charge on any atom is -0.476 e. The van der Waals surface area contributed by atoms with Crippen molar-refractivity contribution in [3.8, 4) is 11.9 Å². The van der Waals surface area contributed by atoms with E-state index in [9.17, 15) is 4.79 Å². The Morgan fingerprint density at radius 2 is 2.14 bits per heavy atom. The predicted octanol–water partition coefficient (Wildman–Crippen LogP) is 2.72. The van der Waals surface area contributed by atoms with Gasteiger partial charge in [-0.25, -0.2) is 0 Å². The van der Waals surface area contributed by atoms with Gasteiger partial charge in [-0.15, -0.1) is 0 Å². The van der Waals surface area contributed by atoms with E-state index in [0.717, 1.165) is 12.8 Å². The van der Waals surface area contributed by atoms with Crippen LogP contribution in [-0.2, 0) is 16.6 Å². The van der Waals surface area contributed by atoms with Crippen LogP contribution in [0.3, 0.4) is 0 Å². The number of halogens is 1. The lowest BCUT2D eigenvalue weighted by Crippen LogP contribution is -2.40. The van der Waals surface area contributed by atoms with Gasteiger partial charge in [0, 0.05) is 20.0 Å². The number of imidazole rings is 1. The zero-order valence-corrected chi connectivity index (χ0v) is 17.5. The number of hydrogen-bond acceptors (Lipinski definition) is 6. The molecule has 154 valence electrons. The number of fused-ring (bicyclic) bond motifs is 1. The summed E-state index contributed by atoms with van der Waals surface area (Å²) in [7, 11) is 1.85. The quantitative estimate of drug-likeness (QED) is 0.683. The highest BCUT2D eigenvalue weighted by atomic mass is 35.5. The number of pyridine rings is 1. The van der Waals surface area contributed by atoms with E-state index in [1.165, 1.54) is 6.92 Å². The highest BCUT2D eigenvalue weighted by Gasteiger charge is 2.31. The van der Waals surface area contributed by atoms with Crippen LogP contribution in [-0.4, -0.2) is 52.4 Å². The van der Waals surface area contributed by atoms with Crippen LogP contribution in [0.15, 0.2) is 6.07 Å². The van der Waals surface area contributed by atoms with Crippen molar-refractivity contribution >= 4 is 28.7 Å². The molecule has 2 heterocycles. The zero-order chi connectivity index (χ0) is 20.3. The van der Waals surface area contributed by atoms with Gasteiger partial charge in [-0.05, 0) is 38.7 Å². The standard InChI is InChI=1S/C19H27ClN4O4/c1-5-26-19-22-16-8-15(20)18(23-17(16)24(19)4)28-10-13-6-14(7-13)27-9-11(2)21-12(3)25/h8,11,13-14H,5-7,9-10H2,1-4H3,(H,21,25)/t11-,13-,14-/m0/s1. The topological polar surface area (TPSA) is 87.5 Å². The van der Waals surface area contributed by atoms with Gasteiger partial charge in [0.2, 0.25) is 11.8 Å². The van der Waals surface area contributed by atoms with Gasteiger partial charge in [-0.3, -0.25) is 9.36 Å². The van der Waals surface area contributed by atoms with Gasteiger partial charge in [0.05, 0.1) is 25.9 Å². The Bertz CT molecular complexity index is 835. The lowest BCUT2D eigenvalue weighted by molar-refractivity contribution is -0.120. The molecule has 1 saturated carbocycles. The summed E-state index contributed by atoms with van der Waals surface area (Å²) in [4.78, 5) is 19.9. The van der Waals surface area contributed by atoms with Crippen molar-refractivity contribution in [3.05, 3.63) is 11.1 Å². The zero-order valence-electron chi connectivity index (χ0n) is 16.7. The summed E-state index contributed by atoms with van der Waals surface area (Å²) in [6.45, 7) is 6.93. The Balaban J connectivity index is 1.49. The fourth-order valence-electron chi connectivity index (χ4n) is 3.22. The second kappa shape index (κ2) is 8.96. The molecule has 1 N–H and O–H groups in total. The van der Waals surface area contributed by atoms with Gasteiger partial charge in [0.1, 0.15) is 10.5 Å². The van der Waals surface area contributed by atoms with Crippen molar-refractivity contribution in [3.63, 3.8) is 0 Å². The van der Waals surface area contributed by atoms with Crippen LogP contribution in [0.2, 0.25) is 5.02 Å². The lowest BCUT2D eigenvalue weighted by atomic mass is 9.83. The number of nitrogens with zero attached hydrogens (tertiary/aromatic N) is 3. The van der Waals surface area contributed by atoms with Crippen LogP contribution in [0.25, 0.3) is 11.2 Å². The molecule has 1 amide bonds. The molecule has 1 fully saturated rings. The Morgan fingerprint density at radius 1 is 1.39 bits per heavy atom. The maximum atomic E-state index is 11.0. The van der Waals surface area contributed by atoms with Crippen LogP contribution >= 0.6 is 11.6 Å². The molecule has 0 saturated heterocycles. The minimum atomic E-state index is -0.0425. The number of aryl methyl sites for hydroxylation is 1. The molecule has 3 rings (SSSR count). The predicted molar refractivity (Wildman–Crippen MR) is 106 cm³/mol. The van der Waals surface area contributed by atoms with E-state index >= 15 is 0 Å². The van der Waals surface area contributed by atoms with E-state index in [1.54, 1.807) is 10.6 Å². The number of carbonyl (C=O) groups is 1. The molecule has 28 heavy (non-hydrogen) atoms.